The van der Waals surface area contributed by atoms with Crippen molar-refractivity contribution in [2.75, 3.05) is 18.5 Å². The van der Waals surface area contributed by atoms with E-state index < -0.39 is 36.0 Å². The molecular formula is C21H26F2N2O4. The fraction of sp³-hybridized carbons (Fsp3) is 0.571. The molecule has 1 aromatic rings. The SMILES string of the molecule is C[C@H]1[C@H](N2C[C@H](C(=O)OCC(=O)Nc3ccc(F)c(F)c3)CC2=O)CCC[C@@H]1C. The van der Waals surface area contributed by atoms with E-state index in [1.54, 1.807) is 4.90 Å². The predicted molar refractivity (Wildman–Crippen MR) is 102 cm³/mol. The molecule has 1 saturated heterocycles. The molecule has 1 N–H and O–H groups in total. The summed E-state index contributed by atoms with van der Waals surface area (Å²) in [7, 11) is 0. The molecule has 4 atom stereocenters. The smallest absolute Gasteiger partial charge is 0.311 e. The standard InChI is InChI=1S/C21H26F2N2O4/c1-12-4-3-5-18(13(12)2)25-10-14(8-20(25)27)21(28)29-11-19(26)24-15-6-7-16(22)17(23)9-15/h6-7,9,12-14,18H,3-5,8,10-11H2,1-2H3,(H,24,26)/t12-,13+,14+,18+/m0/s1. The second kappa shape index (κ2) is 8.88. The zero-order valence-electron chi connectivity index (χ0n) is 16.6. The molecule has 1 aliphatic carbocycles. The summed E-state index contributed by atoms with van der Waals surface area (Å²) in [6, 6.07) is 3.08. The largest absolute Gasteiger partial charge is 0.455 e. The number of esters is 1. The summed E-state index contributed by atoms with van der Waals surface area (Å²) in [6.07, 6.45) is 3.24. The monoisotopic (exact) mass is 408 g/mol. The Balaban J connectivity index is 1.50. The topological polar surface area (TPSA) is 75.7 Å². The van der Waals surface area contributed by atoms with Gasteiger partial charge in [-0.15, -0.1) is 0 Å². The molecule has 6 nitrogen and oxygen atoms in total. The summed E-state index contributed by atoms with van der Waals surface area (Å²) in [5, 5.41) is 2.34. The highest BCUT2D eigenvalue weighted by Gasteiger charge is 2.42. The Morgan fingerprint density at radius 1 is 1.21 bits per heavy atom. The minimum absolute atomic E-state index is 0.0517. The molecule has 0 spiro atoms. The molecule has 1 aromatic carbocycles. The van der Waals surface area contributed by atoms with Crippen molar-refractivity contribution in [3.8, 4) is 0 Å². The van der Waals surface area contributed by atoms with Gasteiger partial charge in [0.05, 0.1) is 5.92 Å². The van der Waals surface area contributed by atoms with Crippen LogP contribution in [0.2, 0.25) is 0 Å². The molecule has 158 valence electrons. The van der Waals surface area contributed by atoms with Crippen molar-refractivity contribution in [2.24, 2.45) is 17.8 Å². The molecule has 2 aliphatic rings. The Morgan fingerprint density at radius 3 is 2.69 bits per heavy atom. The number of nitrogens with one attached hydrogen (secondary N) is 1. The third kappa shape index (κ3) is 4.92. The molecule has 1 saturated carbocycles. The molecule has 3 rings (SSSR count). The highest BCUT2D eigenvalue weighted by atomic mass is 19.2. The lowest BCUT2D eigenvalue weighted by Gasteiger charge is -2.39. The number of hydrogen-bond acceptors (Lipinski definition) is 4. The van der Waals surface area contributed by atoms with Crippen LogP contribution in [0.1, 0.15) is 39.5 Å². The van der Waals surface area contributed by atoms with Crippen LogP contribution < -0.4 is 5.32 Å². The molecule has 8 heteroatoms. The fourth-order valence-electron chi connectivity index (χ4n) is 4.23. The van der Waals surface area contributed by atoms with Crippen LogP contribution in [0.15, 0.2) is 18.2 Å². The van der Waals surface area contributed by atoms with Gasteiger partial charge in [0.1, 0.15) is 0 Å². The van der Waals surface area contributed by atoms with Gasteiger partial charge in [-0.25, -0.2) is 8.78 Å². The number of hydrogen-bond donors (Lipinski definition) is 1. The number of halogens is 2. The van der Waals surface area contributed by atoms with Gasteiger partial charge in [-0.1, -0.05) is 26.7 Å². The summed E-state index contributed by atoms with van der Waals surface area (Å²) < 4.78 is 31.1. The maximum atomic E-state index is 13.2. The van der Waals surface area contributed by atoms with Crippen molar-refractivity contribution in [3.63, 3.8) is 0 Å². The molecule has 0 radical (unpaired) electrons. The van der Waals surface area contributed by atoms with Gasteiger partial charge < -0.3 is 15.0 Å². The lowest BCUT2D eigenvalue weighted by atomic mass is 9.77. The highest BCUT2D eigenvalue weighted by Crippen LogP contribution is 2.35. The number of ether oxygens (including phenoxy) is 1. The van der Waals surface area contributed by atoms with E-state index >= 15 is 0 Å². The van der Waals surface area contributed by atoms with Crippen molar-refractivity contribution < 1.29 is 27.9 Å². The average molecular weight is 408 g/mol. The summed E-state index contributed by atoms with van der Waals surface area (Å²) in [5.41, 5.74) is 0.0626. The number of carbonyl (C=O) groups excluding carboxylic acids is 3. The van der Waals surface area contributed by atoms with Crippen LogP contribution in [0, 0.1) is 29.4 Å². The lowest BCUT2D eigenvalue weighted by Crippen LogP contribution is -2.45. The van der Waals surface area contributed by atoms with E-state index in [2.05, 4.69) is 19.2 Å². The molecule has 29 heavy (non-hydrogen) atoms. The van der Waals surface area contributed by atoms with Crippen LogP contribution in [0.3, 0.4) is 0 Å². The van der Waals surface area contributed by atoms with Crippen LogP contribution >= 0.6 is 0 Å². The van der Waals surface area contributed by atoms with Gasteiger partial charge >= 0.3 is 5.97 Å². The molecule has 2 amide bonds. The number of anilines is 1. The van der Waals surface area contributed by atoms with Crippen molar-refractivity contribution >= 4 is 23.5 Å². The number of amides is 2. The Bertz CT molecular complexity index is 801. The molecule has 1 heterocycles. The highest BCUT2D eigenvalue weighted by molar-refractivity contribution is 5.93. The average Bonchev–Trinajstić information content (AvgIpc) is 3.06. The summed E-state index contributed by atoms with van der Waals surface area (Å²) in [6.45, 7) is 4.09. The van der Waals surface area contributed by atoms with Gasteiger partial charge in [-0.05, 0) is 30.4 Å². The van der Waals surface area contributed by atoms with E-state index in [0.717, 1.165) is 31.4 Å². The number of nitrogens with zero attached hydrogens (tertiary/aromatic N) is 1. The van der Waals surface area contributed by atoms with Crippen molar-refractivity contribution in [2.45, 2.75) is 45.6 Å². The molecule has 0 bridgehead atoms. The molecule has 0 aromatic heterocycles. The van der Waals surface area contributed by atoms with E-state index in [9.17, 15) is 23.2 Å². The first kappa shape index (κ1) is 21.2. The Hall–Kier alpha value is -2.51. The van der Waals surface area contributed by atoms with Gasteiger partial charge in [0.2, 0.25) is 5.91 Å². The second-order valence-electron chi connectivity index (χ2n) is 8.07. The number of likely N-dealkylation sites (tertiary alicyclic amines) is 1. The van der Waals surface area contributed by atoms with E-state index in [0.29, 0.717) is 18.4 Å². The fourth-order valence-corrected chi connectivity index (χ4v) is 4.23. The lowest BCUT2D eigenvalue weighted by molar-refractivity contribution is -0.151. The number of benzene rings is 1. The predicted octanol–water partition coefficient (Wildman–Crippen LogP) is 3.12. The van der Waals surface area contributed by atoms with Crippen molar-refractivity contribution in [1.29, 1.82) is 0 Å². The van der Waals surface area contributed by atoms with E-state index in [4.69, 9.17) is 4.74 Å². The molecule has 2 fully saturated rings. The van der Waals surface area contributed by atoms with Crippen LogP contribution in [-0.2, 0) is 19.1 Å². The Morgan fingerprint density at radius 2 is 1.97 bits per heavy atom. The van der Waals surface area contributed by atoms with Gasteiger partial charge in [0.15, 0.2) is 18.2 Å². The van der Waals surface area contributed by atoms with Crippen molar-refractivity contribution in [1.82, 2.24) is 4.90 Å². The van der Waals surface area contributed by atoms with Crippen LogP contribution in [0.4, 0.5) is 14.5 Å². The minimum Gasteiger partial charge on any atom is -0.455 e. The Labute approximate surface area is 168 Å². The minimum atomic E-state index is -1.09. The van der Waals surface area contributed by atoms with E-state index in [1.807, 2.05) is 0 Å². The normalized spacial score (nSPS) is 27.0. The van der Waals surface area contributed by atoms with Crippen LogP contribution in [-0.4, -0.2) is 41.9 Å². The third-order valence-corrected chi connectivity index (χ3v) is 6.10. The summed E-state index contributed by atoms with van der Waals surface area (Å²) in [5.74, 6) is -3.11. The zero-order valence-corrected chi connectivity index (χ0v) is 16.6. The summed E-state index contributed by atoms with van der Waals surface area (Å²) in [4.78, 5) is 38.5. The molecule has 1 aliphatic heterocycles. The second-order valence-corrected chi connectivity index (χ2v) is 8.07. The van der Waals surface area contributed by atoms with E-state index in [1.165, 1.54) is 6.07 Å². The van der Waals surface area contributed by atoms with E-state index in [-0.39, 0.29) is 24.1 Å². The number of carbonyl (C=O) groups is 3. The van der Waals surface area contributed by atoms with Gasteiger partial charge in [-0.3, -0.25) is 14.4 Å². The third-order valence-electron chi connectivity index (χ3n) is 6.10. The van der Waals surface area contributed by atoms with Gasteiger partial charge in [0.25, 0.3) is 5.91 Å². The first-order chi connectivity index (χ1) is 13.8. The first-order valence-corrected chi connectivity index (χ1v) is 9.97. The number of rotatable bonds is 5. The van der Waals surface area contributed by atoms with Crippen LogP contribution in [0.25, 0.3) is 0 Å². The summed E-state index contributed by atoms with van der Waals surface area (Å²) >= 11 is 0. The quantitative estimate of drug-likeness (QED) is 0.760. The molecular weight excluding hydrogens is 382 g/mol. The maximum Gasteiger partial charge on any atom is 0.311 e. The zero-order chi connectivity index (χ0) is 21.1. The van der Waals surface area contributed by atoms with Gasteiger partial charge in [-0.2, -0.15) is 0 Å². The van der Waals surface area contributed by atoms with Gasteiger partial charge in [0, 0.05) is 30.8 Å². The Kier molecular flexibility index (Phi) is 6.49. The van der Waals surface area contributed by atoms with Crippen molar-refractivity contribution in [3.05, 3.63) is 29.8 Å². The molecule has 0 unspecified atom stereocenters. The first-order valence-electron chi connectivity index (χ1n) is 9.97. The van der Waals surface area contributed by atoms with Crippen LogP contribution in [0.5, 0.6) is 0 Å². The maximum absolute atomic E-state index is 13.2.